The van der Waals surface area contributed by atoms with Gasteiger partial charge in [-0.1, -0.05) is 49.6 Å². The number of para-hydroxylation sites is 1. The molecule has 15 nitrogen and oxygen atoms in total. The highest BCUT2D eigenvalue weighted by atomic mass is 32.1. The van der Waals surface area contributed by atoms with Gasteiger partial charge < -0.3 is 37.9 Å². The summed E-state index contributed by atoms with van der Waals surface area (Å²) >= 11 is 1.53. The van der Waals surface area contributed by atoms with Gasteiger partial charge in [0.25, 0.3) is 0 Å². The van der Waals surface area contributed by atoms with Crippen molar-refractivity contribution in [3.63, 3.8) is 0 Å². The average molecular weight is 1130 g/mol. The number of carbonyl (C=O) groups excluding carboxylic acids is 6. The van der Waals surface area contributed by atoms with Gasteiger partial charge >= 0.3 is 35.8 Å². The fraction of sp³-hybridized carbons (Fsp3) is 0.431. The fourth-order valence-corrected chi connectivity index (χ4v) is 10.5. The van der Waals surface area contributed by atoms with Gasteiger partial charge in [-0.15, -0.1) is 11.3 Å². The number of carbonyl (C=O) groups is 6. The maximum Gasteiger partial charge on any atom is 0.330 e. The molecule has 2 saturated carbocycles. The Kier molecular flexibility index (Phi) is 25.0. The van der Waals surface area contributed by atoms with Gasteiger partial charge in [0.15, 0.2) is 0 Å². The van der Waals surface area contributed by atoms with Crippen LogP contribution in [0.2, 0.25) is 0 Å². The molecular weight excluding hydrogens is 1050 g/mol. The van der Waals surface area contributed by atoms with Crippen LogP contribution in [0.3, 0.4) is 0 Å². The Morgan fingerprint density at radius 3 is 1.48 bits per heavy atom. The van der Waals surface area contributed by atoms with Gasteiger partial charge in [0, 0.05) is 30.6 Å². The molecular formula is C65H75NO14S. The van der Waals surface area contributed by atoms with Crippen LogP contribution < -0.4 is 18.9 Å². The van der Waals surface area contributed by atoms with Crippen LogP contribution in [-0.2, 0) is 60.6 Å². The second-order valence-electron chi connectivity index (χ2n) is 20.4. The molecule has 0 amide bonds. The zero-order chi connectivity index (χ0) is 57.0. The largest absolute Gasteiger partial charge is 0.494 e. The van der Waals surface area contributed by atoms with E-state index in [2.05, 4.69) is 13.2 Å². The summed E-state index contributed by atoms with van der Waals surface area (Å²) in [5, 5.41) is 0.758. The van der Waals surface area contributed by atoms with Crippen LogP contribution in [0.1, 0.15) is 137 Å². The molecule has 0 unspecified atom stereocenters. The van der Waals surface area contributed by atoms with Crippen molar-refractivity contribution in [1.29, 1.82) is 0 Å². The standard InChI is InChI=1S/C65H75NO14S/c1-3-60(67)75-43-13-7-5-11-41-73-51-28-17-46(18-29-51)21-39-62(69)77-53-32-23-48(24-33-53)64(71)79-55-36-37-57(50(45-55)27-38-59-66-56-15-9-10-16-58(56)81-59)80-65(72)49-25-34-54(35-26-49)78-63(70)40-22-47-19-30-52(31-20-47)74-42-12-6-8-14-44-76-61(68)4-2/h3-4,9-10,15-20,27-31,36-38,45,48-49,53-54H,1-2,5-8,11-14,21-26,32-35,39-44H2/b38-27+. The number of thiazole rings is 1. The summed E-state index contributed by atoms with van der Waals surface area (Å²) in [7, 11) is 0. The summed E-state index contributed by atoms with van der Waals surface area (Å²) in [5.74, 6) is -0.699. The van der Waals surface area contributed by atoms with Crippen molar-refractivity contribution in [3.8, 4) is 23.0 Å². The molecule has 0 aliphatic heterocycles. The smallest absolute Gasteiger partial charge is 0.330 e. The van der Waals surface area contributed by atoms with Crippen molar-refractivity contribution in [2.45, 2.75) is 141 Å². The Balaban J connectivity index is 0.812. The highest BCUT2D eigenvalue weighted by Crippen LogP contribution is 2.34. The molecule has 81 heavy (non-hydrogen) atoms. The molecule has 0 spiro atoms. The number of rotatable bonds is 32. The number of fused-ring (bicyclic) bond motifs is 1. The fourth-order valence-electron chi connectivity index (χ4n) is 9.61. The summed E-state index contributed by atoms with van der Waals surface area (Å²) in [6.45, 7) is 8.74. The number of aromatic nitrogens is 1. The normalized spacial score (nSPS) is 16.9. The van der Waals surface area contributed by atoms with Crippen LogP contribution in [0, 0.1) is 11.8 Å². The van der Waals surface area contributed by atoms with Gasteiger partial charge in [-0.2, -0.15) is 0 Å². The van der Waals surface area contributed by atoms with E-state index in [1.807, 2.05) is 78.9 Å². The molecule has 0 bridgehead atoms. The van der Waals surface area contributed by atoms with Crippen molar-refractivity contribution < 1.29 is 66.7 Å². The third-order valence-electron chi connectivity index (χ3n) is 14.3. The van der Waals surface area contributed by atoms with Crippen molar-refractivity contribution in [2.75, 3.05) is 26.4 Å². The minimum absolute atomic E-state index is 0.238. The molecule has 2 aliphatic carbocycles. The average Bonchev–Trinajstić information content (AvgIpc) is 4.03. The van der Waals surface area contributed by atoms with Crippen LogP contribution in [0.5, 0.6) is 23.0 Å². The molecule has 0 radical (unpaired) electrons. The predicted octanol–water partition coefficient (Wildman–Crippen LogP) is 13.1. The van der Waals surface area contributed by atoms with Crippen LogP contribution in [0.25, 0.3) is 22.4 Å². The third-order valence-corrected chi connectivity index (χ3v) is 15.3. The van der Waals surface area contributed by atoms with Crippen LogP contribution in [0.4, 0.5) is 0 Å². The van der Waals surface area contributed by atoms with Gasteiger partial charge in [0.2, 0.25) is 0 Å². The number of esters is 6. The first-order chi connectivity index (χ1) is 39.5. The summed E-state index contributed by atoms with van der Waals surface area (Å²) < 4.78 is 46.4. The first-order valence-electron chi connectivity index (χ1n) is 28.5. The number of hydrogen-bond donors (Lipinski definition) is 0. The van der Waals surface area contributed by atoms with E-state index in [0.717, 1.165) is 89.2 Å². The molecule has 5 aromatic rings. The number of nitrogens with zero attached hydrogens (tertiary/aromatic N) is 1. The Morgan fingerprint density at radius 2 is 0.988 bits per heavy atom. The maximum absolute atomic E-state index is 13.7. The molecule has 16 heteroatoms. The lowest BCUT2D eigenvalue weighted by Gasteiger charge is -2.27. The molecule has 430 valence electrons. The lowest BCUT2D eigenvalue weighted by molar-refractivity contribution is -0.153. The topological polar surface area (TPSA) is 189 Å². The molecule has 0 atom stereocenters. The van der Waals surface area contributed by atoms with Gasteiger partial charge in [-0.3, -0.25) is 19.2 Å². The van der Waals surface area contributed by atoms with Crippen molar-refractivity contribution in [2.24, 2.45) is 11.8 Å². The highest BCUT2D eigenvalue weighted by Gasteiger charge is 2.32. The molecule has 2 aliphatic rings. The zero-order valence-corrected chi connectivity index (χ0v) is 47.1. The molecule has 1 aromatic heterocycles. The Labute approximate surface area is 479 Å². The Bertz CT molecular complexity index is 2840. The predicted molar refractivity (Wildman–Crippen MR) is 310 cm³/mol. The number of ether oxygens (including phenoxy) is 8. The van der Waals surface area contributed by atoms with Gasteiger partial charge in [0.05, 0.1) is 48.5 Å². The first kappa shape index (κ1) is 61.0. The van der Waals surface area contributed by atoms with E-state index in [1.54, 1.807) is 24.3 Å². The number of unbranched alkanes of at least 4 members (excludes halogenated alkanes) is 6. The Morgan fingerprint density at radius 1 is 0.519 bits per heavy atom. The van der Waals surface area contributed by atoms with Gasteiger partial charge in [-0.05, 0) is 193 Å². The molecule has 7 rings (SSSR count). The van der Waals surface area contributed by atoms with E-state index in [-0.39, 0.29) is 60.8 Å². The number of benzene rings is 4. The minimum Gasteiger partial charge on any atom is -0.494 e. The van der Waals surface area contributed by atoms with Crippen molar-refractivity contribution >= 4 is 69.5 Å². The molecule has 2 fully saturated rings. The third kappa shape index (κ3) is 21.4. The van der Waals surface area contributed by atoms with E-state index in [0.29, 0.717) is 108 Å². The minimum atomic E-state index is -0.399. The molecule has 0 saturated heterocycles. The Hall–Kier alpha value is -7.59. The molecule has 1 heterocycles. The van der Waals surface area contributed by atoms with E-state index >= 15 is 0 Å². The molecule has 0 N–H and O–H groups in total. The van der Waals surface area contributed by atoms with E-state index < -0.39 is 11.9 Å². The van der Waals surface area contributed by atoms with Crippen LogP contribution >= 0.6 is 11.3 Å². The second-order valence-corrected chi connectivity index (χ2v) is 21.4. The van der Waals surface area contributed by atoms with Gasteiger partial charge in [-0.25, -0.2) is 14.6 Å². The lowest BCUT2D eigenvalue weighted by Crippen LogP contribution is -2.30. The molecule has 4 aromatic carbocycles. The maximum atomic E-state index is 13.7. The van der Waals surface area contributed by atoms with E-state index in [4.69, 9.17) is 42.9 Å². The van der Waals surface area contributed by atoms with Crippen LogP contribution in [-0.4, -0.2) is 79.4 Å². The summed E-state index contributed by atoms with van der Waals surface area (Å²) in [4.78, 5) is 80.0. The van der Waals surface area contributed by atoms with Crippen molar-refractivity contribution in [3.05, 3.63) is 138 Å². The summed E-state index contributed by atoms with van der Waals surface area (Å²) in [6, 6.07) is 28.2. The highest BCUT2D eigenvalue weighted by molar-refractivity contribution is 7.19. The van der Waals surface area contributed by atoms with Gasteiger partial charge in [0.1, 0.15) is 40.2 Å². The van der Waals surface area contributed by atoms with Crippen LogP contribution in [0.15, 0.2) is 116 Å². The second kappa shape index (κ2) is 33.2. The summed E-state index contributed by atoms with van der Waals surface area (Å²) in [5.41, 5.74) is 3.42. The van der Waals surface area contributed by atoms with E-state index in [1.165, 1.54) is 23.5 Å². The van der Waals surface area contributed by atoms with E-state index in [9.17, 15) is 28.8 Å². The lowest BCUT2D eigenvalue weighted by atomic mass is 9.87. The summed E-state index contributed by atoms with van der Waals surface area (Å²) in [6.07, 6.45) is 18.4. The number of hydrogen-bond acceptors (Lipinski definition) is 16. The SMILES string of the molecule is C=CC(=O)OCCCCCCOc1ccc(CCC(=O)OC2CCC(C(=O)Oc3ccc(OC(=O)C4CCC(OC(=O)CCc5ccc(OCCCCCCOC(=O)C=C)cc5)CC4)c(/C=C/c4nc5ccccc5s4)c3)CC2)cc1. The van der Waals surface area contributed by atoms with Crippen molar-refractivity contribution in [1.82, 2.24) is 4.98 Å². The monoisotopic (exact) mass is 1130 g/mol. The zero-order valence-electron chi connectivity index (χ0n) is 46.2. The number of aryl methyl sites for hydroxylation is 2. The quantitative estimate of drug-likeness (QED) is 0.0130. The first-order valence-corrected chi connectivity index (χ1v) is 29.3.